The zero-order valence-corrected chi connectivity index (χ0v) is 16.0. The average molecular weight is 384 g/mol. The van der Waals surface area contributed by atoms with Gasteiger partial charge >= 0.3 is 0 Å². The van der Waals surface area contributed by atoms with E-state index in [1.54, 1.807) is 25.3 Å². The number of nitrogens with zero attached hydrogens (tertiary/aromatic N) is 3. The maximum absolute atomic E-state index is 12.6. The molecule has 2 aromatic rings. The van der Waals surface area contributed by atoms with Crippen molar-refractivity contribution in [1.29, 1.82) is 0 Å². The van der Waals surface area contributed by atoms with Crippen LogP contribution in [0.4, 0.5) is 17.1 Å². The second kappa shape index (κ2) is 8.71. The summed E-state index contributed by atoms with van der Waals surface area (Å²) in [5, 5.41) is 13.8. The van der Waals surface area contributed by atoms with Crippen molar-refractivity contribution in [1.82, 2.24) is 4.90 Å². The van der Waals surface area contributed by atoms with Gasteiger partial charge in [0, 0.05) is 44.0 Å². The molecule has 1 aliphatic heterocycles. The van der Waals surface area contributed by atoms with Gasteiger partial charge in [-0.15, -0.1) is 0 Å². The van der Waals surface area contributed by atoms with Crippen molar-refractivity contribution in [3.05, 3.63) is 58.6 Å². The number of methoxy groups -OCH3 is 1. The normalized spacial score (nSPS) is 15.7. The maximum atomic E-state index is 12.6. The van der Waals surface area contributed by atoms with Gasteiger partial charge in [0.15, 0.2) is 0 Å². The Morgan fingerprint density at radius 1 is 1.14 bits per heavy atom. The van der Waals surface area contributed by atoms with Crippen molar-refractivity contribution in [3.63, 3.8) is 0 Å². The van der Waals surface area contributed by atoms with Gasteiger partial charge in [0.05, 0.1) is 18.1 Å². The minimum absolute atomic E-state index is 0.106. The zero-order chi connectivity index (χ0) is 20.1. The molecule has 0 bridgehead atoms. The van der Waals surface area contributed by atoms with Crippen LogP contribution < -0.4 is 15.0 Å². The number of nitro groups is 1. The van der Waals surface area contributed by atoms with E-state index in [1.807, 2.05) is 31.2 Å². The topological polar surface area (TPSA) is 88.0 Å². The molecule has 1 aliphatic rings. The van der Waals surface area contributed by atoms with Gasteiger partial charge in [0.2, 0.25) is 5.91 Å². The van der Waals surface area contributed by atoms with Gasteiger partial charge in [0.1, 0.15) is 11.4 Å². The first-order chi connectivity index (χ1) is 13.5. The van der Waals surface area contributed by atoms with Gasteiger partial charge in [-0.3, -0.25) is 19.8 Å². The van der Waals surface area contributed by atoms with Crippen LogP contribution in [0.15, 0.2) is 48.5 Å². The second-order valence-electron chi connectivity index (χ2n) is 6.66. The smallest absolute Gasteiger partial charge is 0.292 e. The number of benzene rings is 2. The summed E-state index contributed by atoms with van der Waals surface area (Å²) in [6, 6.07) is 13.7. The first-order valence-corrected chi connectivity index (χ1v) is 9.17. The highest BCUT2D eigenvalue weighted by atomic mass is 16.6. The lowest BCUT2D eigenvalue weighted by Gasteiger charge is -2.38. The molecule has 0 saturated carbocycles. The number of anilines is 2. The summed E-state index contributed by atoms with van der Waals surface area (Å²) in [5.74, 6) is 0.571. The van der Waals surface area contributed by atoms with Crippen molar-refractivity contribution in [3.8, 4) is 5.75 Å². The number of hydrogen-bond donors (Lipinski definition) is 1. The summed E-state index contributed by atoms with van der Waals surface area (Å²) >= 11 is 0. The number of nitrogens with one attached hydrogen (secondary N) is 1. The van der Waals surface area contributed by atoms with Crippen LogP contribution in [0.5, 0.6) is 5.75 Å². The van der Waals surface area contributed by atoms with E-state index in [-0.39, 0.29) is 23.3 Å². The number of para-hydroxylation sites is 2. The first-order valence-electron chi connectivity index (χ1n) is 9.17. The minimum Gasteiger partial charge on any atom is -0.497 e. The fourth-order valence-electron chi connectivity index (χ4n) is 3.32. The molecule has 0 aliphatic carbocycles. The average Bonchev–Trinajstić information content (AvgIpc) is 2.73. The summed E-state index contributed by atoms with van der Waals surface area (Å²) in [6.45, 7) is 4.85. The van der Waals surface area contributed by atoms with Crippen LogP contribution in [0.25, 0.3) is 0 Å². The van der Waals surface area contributed by atoms with Gasteiger partial charge in [-0.05, 0) is 25.1 Å². The van der Waals surface area contributed by atoms with Crippen molar-refractivity contribution in [2.24, 2.45) is 0 Å². The van der Waals surface area contributed by atoms with E-state index in [0.717, 1.165) is 37.6 Å². The van der Waals surface area contributed by atoms with Crippen molar-refractivity contribution >= 4 is 23.0 Å². The Morgan fingerprint density at radius 2 is 1.86 bits per heavy atom. The molecular weight excluding hydrogens is 360 g/mol. The number of rotatable bonds is 6. The molecule has 28 heavy (non-hydrogen) atoms. The van der Waals surface area contributed by atoms with E-state index in [2.05, 4.69) is 15.1 Å². The number of piperazine rings is 1. The predicted molar refractivity (Wildman–Crippen MR) is 108 cm³/mol. The zero-order valence-electron chi connectivity index (χ0n) is 16.0. The van der Waals surface area contributed by atoms with E-state index in [4.69, 9.17) is 4.74 Å². The van der Waals surface area contributed by atoms with Crippen LogP contribution in [0.1, 0.15) is 6.92 Å². The standard InChI is InChI=1S/C20H24N4O4/c1-15(20(25)21-18-8-3-4-9-19(18)24(26)27)22-10-12-23(13-11-22)16-6-5-7-17(14-16)28-2/h3-9,14-15H,10-13H2,1-2H3,(H,21,25). The number of carbonyl (C=O) groups is 1. The maximum Gasteiger partial charge on any atom is 0.292 e. The van der Waals surface area contributed by atoms with Gasteiger partial charge in [-0.2, -0.15) is 0 Å². The van der Waals surface area contributed by atoms with Crippen molar-refractivity contribution in [2.45, 2.75) is 13.0 Å². The fraction of sp³-hybridized carbons (Fsp3) is 0.350. The summed E-state index contributed by atoms with van der Waals surface area (Å²) in [4.78, 5) is 27.6. The third-order valence-corrected chi connectivity index (χ3v) is 5.02. The Balaban J connectivity index is 1.59. The Labute approximate surface area is 163 Å². The molecule has 1 unspecified atom stereocenters. The van der Waals surface area contributed by atoms with Gasteiger partial charge in [-0.25, -0.2) is 0 Å². The largest absolute Gasteiger partial charge is 0.497 e. The Hall–Kier alpha value is -3.13. The third-order valence-electron chi connectivity index (χ3n) is 5.02. The molecule has 3 rings (SSSR count). The highest BCUT2D eigenvalue weighted by Crippen LogP contribution is 2.25. The Kier molecular flexibility index (Phi) is 6.10. The fourth-order valence-corrected chi connectivity index (χ4v) is 3.32. The molecule has 1 atom stereocenters. The summed E-state index contributed by atoms with van der Waals surface area (Å²) in [5.41, 5.74) is 1.21. The lowest BCUT2D eigenvalue weighted by Crippen LogP contribution is -2.52. The Morgan fingerprint density at radius 3 is 2.54 bits per heavy atom. The minimum atomic E-state index is -0.493. The highest BCUT2D eigenvalue weighted by molar-refractivity contribution is 5.96. The molecule has 1 N–H and O–H groups in total. The molecular formula is C20H24N4O4. The van der Waals surface area contributed by atoms with Gasteiger partial charge in [-0.1, -0.05) is 18.2 Å². The molecule has 8 nitrogen and oxygen atoms in total. The van der Waals surface area contributed by atoms with E-state index < -0.39 is 4.92 Å². The molecule has 1 fully saturated rings. The SMILES string of the molecule is COc1cccc(N2CCN(C(C)C(=O)Nc3ccccc3[N+](=O)[O-])CC2)c1. The quantitative estimate of drug-likeness (QED) is 0.609. The molecule has 1 heterocycles. The van der Waals surface area contributed by atoms with E-state index in [9.17, 15) is 14.9 Å². The molecule has 0 aromatic heterocycles. The lowest BCUT2D eigenvalue weighted by atomic mass is 10.2. The van der Waals surface area contributed by atoms with Crippen LogP contribution in [0.2, 0.25) is 0 Å². The molecule has 2 aromatic carbocycles. The summed E-state index contributed by atoms with van der Waals surface area (Å²) in [6.07, 6.45) is 0. The van der Waals surface area contributed by atoms with E-state index in [1.165, 1.54) is 6.07 Å². The molecule has 0 radical (unpaired) electrons. The number of hydrogen-bond acceptors (Lipinski definition) is 6. The molecule has 1 saturated heterocycles. The number of ether oxygens (including phenoxy) is 1. The van der Waals surface area contributed by atoms with Crippen LogP contribution in [0.3, 0.4) is 0 Å². The molecule has 0 spiro atoms. The van der Waals surface area contributed by atoms with Gasteiger partial charge in [0.25, 0.3) is 5.69 Å². The van der Waals surface area contributed by atoms with E-state index >= 15 is 0 Å². The molecule has 148 valence electrons. The first kappa shape index (κ1) is 19.6. The van der Waals surface area contributed by atoms with Crippen LogP contribution >= 0.6 is 0 Å². The van der Waals surface area contributed by atoms with Gasteiger partial charge < -0.3 is 15.0 Å². The lowest BCUT2D eigenvalue weighted by molar-refractivity contribution is -0.383. The van der Waals surface area contributed by atoms with Crippen molar-refractivity contribution in [2.75, 3.05) is 43.5 Å². The number of nitro benzene ring substituents is 1. The number of amides is 1. The van der Waals surface area contributed by atoms with E-state index in [0.29, 0.717) is 0 Å². The third kappa shape index (κ3) is 4.40. The molecule has 8 heteroatoms. The van der Waals surface area contributed by atoms with Crippen molar-refractivity contribution < 1.29 is 14.5 Å². The highest BCUT2D eigenvalue weighted by Gasteiger charge is 2.27. The Bertz CT molecular complexity index is 850. The van der Waals surface area contributed by atoms with Crippen LogP contribution in [-0.4, -0.2) is 55.1 Å². The predicted octanol–water partition coefficient (Wildman–Crippen LogP) is 2.75. The van der Waals surface area contributed by atoms with Crippen LogP contribution in [0, 0.1) is 10.1 Å². The second-order valence-corrected chi connectivity index (χ2v) is 6.66. The van der Waals surface area contributed by atoms with Crippen LogP contribution in [-0.2, 0) is 4.79 Å². The summed E-state index contributed by atoms with van der Waals surface area (Å²) < 4.78 is 5.28. The summed E-state index contributed by atoms with van der Waals surface area (Å²) in [7, 11) is 1.65. The number of carbonyl (C=O) groups excluding carboxylic acids is 1. The monoisotopic (exact) mass is 384 g/mol. The molecule has 1 amide bonds.